The third kappa shape index (κ3) is 4.46. The zero-order valence-electron chi connectivity index (χ0n) is 19.2. The van der Waals surface area contributed by atoms with Gasteiger partial charge in [0, 0.05) is 0 Å². The molecule has 168 valence electrons. The van der Waals surface area contributed by atoms with Crippen molar-refractivity contribution in [1.82, 2.24) is 0 Å². The summed E-state index contributed by atoms with van der Waals surface area (Å²) >= 11 is 1.69. The molecule has 0 aliphatic rings. The van der Waals surface area contributed by atoms with Crippen LogP contribution in [0.5, 0.6) is 0 Å². The highest BCUT2D eigenvalue weighted by atomic mass is 32.2. The molecule has 0 fully saturated rings. The molecule has 0 saturated heterocycles. The maximum Gasteiger partial charge on any atom is 0.0816 e. The van der Waals surface area contributed by atoms with Gasteiger partial charge in [-0.05, 0) is 70.1 Å². The SMILES string of the molecule is c1ccc(N(SN(c2ccccc2)c2ccc3ccccc3c2)c2ccc3ccccc3c2)cc1. The van der Waals surface area contributed by atoms with E-state index in [0.717, 1.165) is 22.7 Å². The van der Waals surface area contributed by atoms with Crippen molar-refractivity contribution in [3.05, 3.63) is 146 Å². The van der Waals surface area contributed by atoms with Gasteiger partial charge in [0.05, 0.1) is 34.9 Å². The summed E-state index contributed by atoms with van der Waals surface area (Å²) in [6, 6.07) is 51.5. The Balaban J connectivity index is 1.48. The predicted octanol–water partition coefficient (Wildman–Crippen LogP) is 9.53. The van der Waals surface area contributed by atoms with E-state index in [4.69, 9.17) is 0 Å². The number of hydrogen-bond acceptors (Lipinski definition) is 3. The van der Waals surface area contributed by atoms with Crippen molar-refractivity contribution in [3.63, 3.8) is 0 Å². The van der Waals surface area contributed by atoms with Crippen LogP contribution in [0.1, 0.15) is 0 Å². The summed E-state index contributed by atoms with van der Waals surface area (Å²) in [5.41, 5.74) is 4.49. The van der Waals surface area contributed by atoms with Gasteiger partial charge in [-0.3, -0.25) is 8.61 Å². The highest BCUT2D eigenvalue weighted by molar-refractivity contribution is 8.02. The molecule has 2 nitrogen and oxygen atoms in total. The Labute approximate surface area is 210 Å². The van der Waals surface area contributed by atoms with E-state index in [1.807, 2.05) is 0 Å². The van der Waals surface area contributed by atoms with E-state index in [2.05, 4.69) is 154 Å². The third-order valence-corrected chi connectivity index (χ3v) is 7.25. The van der Waals surface area contributed by atoms with Crippen molar-refractivity contribution in [2.45, 2.75) is 0 Å². The molecule has 0 N–H and O–H groups in total. The van der Waals surface area contributed by atoms with Crippen molar-refractivity contribution >= 4 is 56.4 Å². The Hall–Kier alpha value is -4.21. The minimum absolute atomic E-state index is 1.12. The lowest BCUT2D eigenvalue weighted by atomic mass is 10.1. The van der Waals surface area contributed by atoms with Crippen LogP contribution >= 0.6 is 12.1 Å². The van der Waals surface area contributed by atoms with Gasteiger partial charge in [0.15, 0.2) is 0 Å². The molecule has 0 spiro atoms. The summed E-state index contributed by atoms with van der Waals surface area (Å²) in [6.07, 6.45) is 0. The van der Waals surface area contributed by atoms with Crippen molar-refractivity contribution in [2.75, 3.05) is 8.61 Å². The third-order valence-electron chi connectivity index (χ3n) is 6.08. The van der Waals surface area contributed by atoms with Crippen LogP contribution in [0, 0.1) is 0 Å². The summed E-state index contributed by atoms with van der Waals surface area (Å²) in [6.45, 7) is 0. The fourth-order valence-electron chi connectivity index (χ4n) is 4.30. The standard InChI is InChI=1S/C32H24N2S/c1-3-15-29(16-4-1)33(31-21-19-25-11-7-9-13-27(25)23-31)35-34(30-17-5-2-6-18-30)32-22-20-26-12-8-10-14-28(26)24-32/h1-24H. The second-order valence-electron chi connectivity index (χ2n) is 8.40. The van der Waals surface area contributed by atoms with Crippen LogP contribution in [0.3, 0.4) is 0 Å². The minimum Gasteiger partial charge on any atom is -0.267 e. The number of hydrogen-bond donors (Lipinski definition) is 0. The van der Waals surface area contributed by atoms with Crippen LogP contribution in [0.4, 0.5) is 22.7 Å². The average molecular weight is 469 g/mol. The number of anilines is 4. The van der Waals surface area contributed by atoms with E-state index in [0.29, 0.717) is 0 Å². The van der Waals surface area contributed by atoms with E-state index >= 15 is 0 Å². The molecule has 0 saturated carbocycles. The molecule has 0 amide bonds. The molecular weight excluding hydrogens is 444 g/mol. The number of fused-ring (bicyclic) bond motifs is 2. The number of benzene rings is 6. The molecule has 0 aromatic heterocycles. The monoisotopic (exact) mass is 468 g/mol. The fourth-order valence-corrected chi connectivity index (χ4v) is 5.31. The summed E-state index contributed by atoms with van der Waals surface area (Å²) in [7, 11) is 0. The van der Waals surface area contributed by atoms with Crippen LogP contribution in [-0.4, -0.2) is 0 Å². The maximum atomic E-state index is 2.30. The maximum absolute atomic E-state index is 2.30. The van der Waals surface area contributed by atoms with Gasteiger partial charge in [-0.1, -0.05) is 97.1 Å². The summed E-state index contributed by atoms with van der Waals surface area (Å²) < 4.78 is 4.60. The summed E-state index contributed by atoms with van der Waals surface area (Å²) in [5.74, 6) is 0. The molecule has 0 aliphatic heterocycles. The van der Waals surface area contributed by atoms with Crippen molar-refractivity contribution < 1.29 is 0 Å². The first kappa shape index (κ1) is 21.3. The molecule has 0 aliphatic carbocycles. The molecule has 6 aromatic rings. The molecule has 0 heterocycles. The first-order chi connectivity index (χ1) is 17.3. The van der Waals surface area contributed by atoms with Gasteiger partial charge in [-0.25, -0.2) is 0 Å². The molecule has 0 bridgehead atoms. The Morgan fingerprint density at radius 3 is 1.11 bits per heavy atom. The molecule has 6 rings (SSSR count). The van der Waals surface area contributed by atoms with Crippen LogP contribution in [0.15, 0.2) is 146 Å². The van der Waals surface area contributed by atoms with E-state index in [9.17, 15) is 0 Å². The number of para-hydroxylation sites is 2. The molecular formula is C32H24N2S. The van der Waals surface area contributed by atoms with Gasteiger partial charge in [-0.2, -0.15) is 0 Å². The first-order valence-electron chi connectivity index (χ1n) is 11.7. The average Bonchev–Trinajstić information content (AvgIpc) is 2.94. The van der Waals surface area contributed by atoms with E-state index in [-0.39, 0.29) is 0 Å². The zero-order chi connectivity index (χ0) is 23.5. The second-order valence-corrected chi connectivity index (χ2v) is 9.30. The molecule has 35 heavy (non-hydrogen) atoms. The highest BCUT2D eigenvalue weighted by Crippen LogP contribution is 2.42. The van der Waals surface area contributed by atoms with Crippen molar-refractivity contribution in [1.29, 1.82) is 0 Å². The van der Waals surface area contributed by atoms with Gasteiger partial charge < -0.3 is 0 Å². The summed E-state index contributed by atoms with van der Waals surface area (Å²) in [5, 5.41) is 4.93. The second kappa shape index (κ2) is 9.57. The Morgan fingerprint density at radius 1 is 0.314 bits per heavy atom. The van der Waals surface area contributed by atoms with Gasteiger partial charge in [0.2, 0.25) is 0 Å². The topological polar surface area (TPSA) is 6.48 Å². The van der Waals surface area contributed by atoms with E-state index in [1.165, 1.54) is 21.5 Å². The van der Waals surface area contributed by atoms with Gasteiger partial charge >= 0.3 is 0 Å². The molecule has 0 radical (unpaired) electrons. The predicted molar refractivity (Wildman–Crippen MR) is 153 cm³/mol. The number of rotatable bonds is 6. The normalized spacial score (nSPS) is 11.0. The quantitative estimate of drug-likeness (QED) is 0.225. The molecule has 3 heteroatoms. The number of nitrogens with zero attached hydrogens (tertiary/aromatic N) is 2. The van der Waals surface area contributed by atoms with Crippen LogP contribution in [0.25, 0.3) is 21.5 Å². The van der Waals surface area contributed by atoms with Crippen LogP contribution < -0.4 is 8.61 Å². The van der Waals surface area contributed by atoms with E-state index in [1.54, 1.807) is 12.1 Å². The Kier molecular flexibility index (Phi) is 5.83. The van der Waals surface area contributed by atoms with Gasteiger partial charge in [0.1, 0.15) is 0 Å². The Bertz CT molecular complexity index is 1460. The zero-order valence-corrected chi connectivity index (χ0v) is 20.0. The molecule has 6 aromatic carbocycles. The lowest BCUT2D eigenvalue weighted by Crippen LogP contribution is -2.18. The van der Waals surface area contributed by atoms with Crippen LogP contribution in [-0.2, 0) is 0 Å². The minimum atomic E-state index is 1.12. The Morgan fingerprint density at radius 2 is 0.686 bits per heavy atom. The molecule has 0 atom stereocenters. The highest BCUT2D eigenvalue weighted by Gasteiger charge is 2.19. The molecule has 0 unspecified atom stereocenters. The van der Waals surface area contributed by atoms with E-state index < -0.39 is 0 Å². The smallest absolute Gasteiger partial charge is 0.0816 e. The van der Waals surface area contributed by atoms with Crippen molar-refractivity contribution in [3.8, 4) is 0 Å². The lowest BCUT2D eigenvalue weighted by Gasteiger charge is -2.31. The van der Waals surface area contributed by atoms with Crippen LogP contribution in [0.2, 0.25) is 0 Å². The largest absolute Gasteiger partial charge is 0.267 e. The first-order valence-corrected chi connectivity index (χ1v) is 12.4. The van der Waals surface area contributed by atoms with Crippen molar-refractivity contribution in [2.24, 2.45) is 0 Å². The van der Waals surface area contributed by atoms with Gasteiger partial charge in [0.25, 0.3) is 0 Å². The fraction of sp³-hybridized carbons (Fsp3) is 0. The summed E-state index contributed by atoms with van der Waals surface area (Å²) in [4.78, 5) is 0. The van der Waals surface area contributed by atoms with Gasteiger partial charge in [-0.15, -0.1) is 0 Å². The lowest BCUT2D eigenvalue weighted by molar-refractivity contribution is 1.38.